The van der Waals surface area contributed by atoms with E-state index in [0.29, 0.717) is 6.54 Å². The molecule has 0 radical (unpaired) electrons. The Balaban J connectivity index is 0.00000288. The minimum absolute atomic E-state index is 0. The van der Waals surface area contributed by atoms with Crippen LogP contribution in [0.15, 0.2) is 53.0 Å². The monoisotopic (exact) mass is 412 g/mol. The molecule has 0 aliphatic rings. The first-order chi connectivity index (χ1) is 10.9. The van der Waals surface area contributed by atoms with E-state index in [4.69, 9.17) is 10.5 Å². The molecule has 0 bridgehead atoms. The molecule has 3 N–H and O–H groups in total. The van der Waals surface area contributed by atoms with Gasteiger partial charge in [0.05, 0.1) is 7.11 Å². The summed E-state index contributed by atoms with van der Waals surface area (Å²) in [6.45, 7) is 2.26. The summed E-state index contributed by atoms with van der Waals surface area (Å²) in [6.07, 6.45) is 0.742. The van der Waals surface area contributed by atoms with Gasteiger partial charge in [-0.1, -0.05) is 40.2 Å². The predicted molar refractivity (Wildman–Crippen MR) is 103 cm³/mol. The molecule has 6 heteroatoms. The second-order valence-electron chi connectivity index (χ2n) is 5.56. The van der Waals surface area contributed by atoms with Gasteiger partial charge in [0.25, 0.3) is 0 Å². The lowest BCUT2D eigenvalue weighted by atomic mass is 9.92. The number of nitrogens with two attached hydrogens (primary N) is 1. The van der Waals surface area contributed by atoms with E-state index in [-0.39, 0.29) is 18.3 Å². The predicted octanol–water partition coefficient (Wildman–Crippen LogP) is 3.41. The van der Waals surface area contributed by atoms with Crippen molar-refractivity contribution in [3.8, 4) is 5.75 Å². The fourth-order valence-corrected chi connectivity index (χ4v) is 2.49. The summed E-state index contributed by atoms with van der Waals surface area (Å²) in [7, 11) is 1.64. The smallest absolute Gasteiger partial charge is 0.244 e. The van der Waals surface area contributed by atoms with Crippen LogP contribution >= 0.6 is 28.3 Å². The lowest BCUT2D eigenvalue weighted by molar-refractivity contribution is -0.126. The lowest BCUT2D eigenvalue weighted by Gasteiger charge is -2.24. The Labute approximate surface area is 157 Å². The van der Waals surface area contributed by atoms with Crippen LogP contribution < -0.4 is 15.8 Å². The molecular weight excluding hydrogens is 392 g/mol. The van der Waals surface area contributed by atoms with Gasteiger partial charge in [-0.15, -0.1) is 12.4 Å². The number of hydrogen-bond donors (Lipinski definition) is 2. The maximum Gasteiger partial charge on any atom is 0.244 e. The maximum absolute atomic E-state index is 12.4. The zero-order valence-electron chi connectivity index (χ0n) is 13.7. The van der Waals surface area contributed by atoms with Crippen molar-refractivity contribution < 1.29 is 9.53 Å². The number of nitrogens with one attached hydrogen (secondary N) is 1. The molecule has 1 unspecified atom stereocenters. The van der Waals surface area contributed by atoms with E-state index in [9.17, 15) is 4.79 Å². The topological polar surface area (TPSA) is 64.3 Å². The van der Waals surface area contributed by atoms with Gasteiger partial charge < -0.3 is 15.8 Å². The van der Waals surface area contributed by atoms with Crippen LogP contribution in [-0.2, 0) is 16.8 Å². The highest BCUT2D eigenvalue weighted by atomic mass is 79.9. The highest BCUT2D eigenvalue weighted by Crippen LogP contribution is 2.20. The van der Waals surface area contributed by atoms with Crippen molar-refractivity contribution in [3.05, 3.63) is 64.1 Å². The molecule has 24 heavy (non-hydrogen) atoms. The first-order valence-electron chi connectivity index (χ1n) is 7.39. The van der Waals surface area contributed by atoms with E-state index < -0.39 is 5.54 Å². The Hall–Kier alpha value is -1.56. The van der Waals surface area contributed by atoms with Gasteiger partial charge in [-0.25, -0.2) is 0 Å². The average Bonchev–Trinajstić information content (AvgIpc) is 2.55. The molecule has 0 aliphatic carbocycles. The van der Waals surface area contributed by atoms with E-state index >= 15 is 0 Å². The van der Waals surface area contributed by atoms with Crippen molar-refractivity contribution in [3.63, 3.8) is 0 Å². The number of ether oxygens (including phenoxy) is 1. The van der Waals surface area contributed by atoms with E-state index in [1.807, 2.05) is 48.5 Å². The van der Waals surface area contributed by atoms with E-state index in [0.717, 1.165) is 27.8 Å². The lowest BCUT2D eigenvalue weighted by Crippen LogP contribution is -2.49. The van der Waals surface area contributed by atoms with Crippen LogP contribution in [-0.4, -0.2) is 19.6 Å². The zero-order chi connectivity index (χ0) is 16.9. The van der Waals surface area contributed by atoms with Gasteiger partial charge in [0.2, 0.25) is 5.91 Å². The summed E-state index contributed by atoms with van der Waals surface area (Å²) >= 11 is 3.38. The molecule has 0 aliphatic heterocycles. The molecule has 2 aromatic carbocycles. The third-order valence-electron chi connectivity index (χ3n) is 3.77. The SMILES string of the molecule is COc1ccc(CCNC(=O)C(C)(N)c2ccc(Br)cc2)cc1.Cl. The standard InChI is InChI=1S/C18H21BrN2O2.ClH/c1-18(20,14-5-7-15(19)8-6-14)17(22)21-12-11-13-3-9-16(23-2)10-4-13;/h3-10H,11-12,20H2,1-2H3,(H,21,22);1H. The summed E-state index contributed by atoms with van der Waals surface area (Å²) in [5, 5.41) is 2.91. The van der Waals surface area contributed by atoms with Crippen LogP contribution in [0.1, 0.15) is 18.1 Å². The molecular formula is C18H22BrClN2O2. The number of rotatable bonds is 6. The number of halogens is 2. The first kappa shape index (κ1) is 20.5. The first-order valence-corrected chi connectivity index (χ1v) is 8.19. The Morgan fingerprint density at radius 1 is 1.17 bits per heavy atom. The molecule has 4 nitrogen and oxygen atoms in total. The summed E-state index contributed by atoms with van der Waals surface area (Å²) in [6, 6.07) is 15.3. The van der Waals surface area contributed by atoms with Crippen LogP contribution in [0.4, 0.5) is 0 Å². The minimum Gasteiger partial charge on any atom is -0.497 e. The molecule has 0 saturated carbocycles. The Morgan fingerprint density at radius 3 is 2.29 bits per heavy atom. The summed E-state index contributed by atoms with van der Waals surface area (Å²) in [5.74, 6) is 0.635. The fourth-order valence-electron chi connectivity index (χ4n) is 2.22. The molecule has 0 heterocycles. The quantitative estimate of drug-likeness (QED) is 0.763. The van der Waals surface area contributed by atoms with Gasteiger partial charge in [-0.3, -0.25) is 4.79 Å². The molecule has 0 spiro atoms. The number of methoxy groups -OCH3 is 1. The number of benzene rings is 2. The van der Waals surface area contributed by atoms with Gasteiger partial charge in [-0.2, -0.15) is 0 Å². The maximum atomic E-state index is 12.4. The minimum atomic E-state index is -1.05. The third kappa shape index (κ3) is 5.23. The summed E-state index contributed by atoms with van der Waals surface area (Å²) in [4.78, 5) is 12.4. The van der Waals surface area contributed by atoms with Crippen molar-refractivity contribution in [2.45, 2.75) is 18.9 Å². The normalized spacial score (nSPS) is 12.7. The van der Waals surface area contributed by atoms with Crippen LogP contribution in [0.3, 0.4) is 0 Å². The Bertz CT molecular complexity index is 658. The molecule has 2 rings (SSSR count). The highest BCUT2D eigenvalue weighted by molar-refractivity contribution is 9.10. The molecule has 0 aromatic heterocycles. The van der Waals surface area contributed by atoms with Crippen molar-refractivity contribution in [1.29, 1.82) is 0 Å². The van der Waals surface area contributed by atoms with Gasteiger partial charge >= 0.3 is 0 Å². The Kier molecular flexibility index (Phi) is 7.73. The van der Waals surface area contributed by atoms with Crippen LogP contribution in [0.2, 0.25) is 0 Å². The van der Waals surface area contributed by atoms with Crippen molar-refractivity contribution in [2.75, 3.05) is 13.7 Å². The van der Waals surface area contributed by atoms with E-state index in [1.54, 1.807) is 14.0 Å². The molecule has 130 valence electrons. The summed E-state index contributed by atoms with van der Waals surface area (Å²) in [5.41, 5.74) is 7.06. The van der Waals surface area contributed by atoms with Crippen molar-refractivity contribution >= 4 is 34.2 Å². The highest BCUT2D eigenvalue weighted by Gasteiger charge is 2.29. The number of carbonyl (C=O) groups excluding carboxylic acids is 1. The largest absolute Gasteiger partial charge is 0.497 e. The van der Waals surface area contributed by atoms with Gasteiger partial charge in [0.15, 0.2) is 0 Å². The van der Waals surface area contributed by atoms with Gasteiger partial charge in [0, 0.05) is 11.0 Å². The van der Waals surface area contributed by atoms with Crippen LogP contribution in [0.25, 0.3) is 0 Å². The van der Waals surface area contributed by atoms with Crippen molar-refractivity contribution in [1.82, 2.24) is 5.32 Å². The Morgan fingerprint density at radius 2 is 1.75 bits per heavy atom. The second-order valence-corrected chi connectivity index (χ2v) is 6.48. The second kappa shape index (κ2) is 9.06. The molecule has 1 amide bonds. The average molecular weight is 414 g/mol. The van der Waals surface area contributed by atoms with Crippen LogP contribution in [0, 0.1) is 0 Å². The van der Waals surface area contributed by atoms with Gasteiger partial charge in [-0.05, 0) is 48.7 Å². The van der Waals surface area contributed by atoms with Crippen LogP contribution in [0.5, 0.6) is 5.75 Å². The van der Waals surface area contributed by atoms with Gasteiger partial charge in [0.1, 0.15) is 11.3 Å². The zero-order valence-corrected chi connectivity index (χ0v) is 16.1. The third-order valence-corrected chi connectivity index (χ3v) is 4.30. The summed E-state index contributed by atoms with van der Waals surface area (Å²) < 4.78 is 6.08. The van der Waals surface area contributed by atoms with E-state index in [2.05, 4.69) is 21.2 Å². The number of amides is 1. The van der Waals surface area contributed by atoms with Crippen molar-refractivity contribution in [2.24, 2.45) is 5.73 Å². The molecule has 0 fully saturated rings. The molecule has 2 aromatic rings. The fraction of sp³-hybridized carbons (Fsp3) is 0.278. The molecule has 0 saturated heterocycles. The van der Waals surface area contributed by atoms with E-state index in [1.165, 1.54) is 0 Å². The number of carbonyl (C=O) groups is 1. The molecule has 1 atom stereocenters. The number of hydrogen-bond acceptors (Lipinski definition) is 3.